The van der Waals surface area contributed by atoms with Gasteiger partial charge in [0.25, 0.3) is 0 Å². The van der Waals surface area contributed by atoms with E-state index in [1.54, 1.807) is 0 Å². The van der Waals surface area contributed by atoms with Crippen LogP contribution >= 0.6 is 0 Å². The molecule has 0 aromatic heterocycles. The van der Waals surface area contributed by atoms with Gasteiger partial charge in [0.15, 0.2) is 13.2 Å². The first-order chi connectivity index (χ1) is 9.89. The van der Waals surface area contributed by atoms with Crippen LogP contribution in [0.5, 0.6) is 0 Å². The molecule has 0 spiro atoms. The zero-order valence-electron chi connectivity index (χ0n) is 10.1. The molecule has 0 saturated carbocycles. The molecule has 1 rings (SSSR count). The first kappa shape index (κ1) is 18.6. The Labute approximate surface area is 120 Å². The second-order valence-electron chi connectivity index (χ2n) is 3.68. The molecule has 2 unspecified atom stereocenters. The van der Waals surface area contributed by atoms with Gasteiger partial charge in [0.2, 0.25) is 12.2 Å². The maximum atomic E-state index is 11.9. The Morgan fingerprint density at radius 3 is 1.45 bits per heavy atom. The third kappa shape index (κ3) is 6.15. The van der Waals surface area contributed by atoms with E-state index in [9.17, 15) is 40.1 Å². The summed E-state index contributed by atoms with van der Waals surface area (Å²) < 4.78 is 97.9. The molecule has 128 valence electrons. The van der Waals surface area contributed by atoms with Crippen molar-refractivity contribution >= 4 is 23.3 Å². The summed E-state index contributed by atoms with van der Waals surface area (Å²) in [5.74, 6) is -3.59. The summed E-state index contributed by atoms with van der Waals surface area (Å²) >= 11 is -2.74. The van der Waals surface area contributed by atoms with Crippen molar-refractivity contribution < 1.29 is 58.0 Å². The van der Waals surface area contributed by atoms with Crippen LogP contribution in [0.15, 0.2) is 0 Å². The van der Waals surface area contributed by atoms with Gasteiger partial charge in [0.05, 0.1) is 0 Å². The predicted octanol–water partition coefficient (Wildman–Crippen LogP) is 0.560. The minimum Gasteiger partial charge on any atom is -0.454 e. The average Bonchev–Trinajstić information content (AvgIpc) is 2.73. The lowest BCUT2D eigenvalue weighted by Crippen LogP contribution is -2.41. The van der Waals surface area contributed by atoms with E-state index in [0.717, 1.165) is 0 Å². The fraction of sp³-hybridized carbons (Fsp3) is 0.750. The van der Waals surface area contributed by atoms with Crippen LogP contribution in [0.2, 0.25) is 0 Å². The van der Waals surface area contributed by atoms with Crippen LogP contribution in [0.1, 0.15) is 0 Å². The van der Waals surface area contributed by atoms with E-state index in [2.05, 4.69) is 17.8 Å². The number of hydrogen-bond donors (Lipinski definition) is 0. The predicted molar refractivity (Wildman–Crippen MR) is 51.9 cm³/mol. The second-order valence-corrected chi connectivity index (χ2v) is 4.48. The van der Waals surface area contributed by atoms with Gasteiger partial charge in [0, 0.05) is 0 Å². The summed E-state index contributed by atoms with van der Waals surface area (Å²) in [5, 5.41) is 0. The number of carbonyl (C=O) groups is 2. The van der Waals surface area contributed by atoms with Gasteiger partial charge in [0.1, 0.15) is 0 Å². The van der Waals surface area contributed by atoms with Crippen LogP contribution in [0, 0.1) is 0 Å². The summed E-state index contributed by atoms with van der Waals surface area (Å²) in [5.41, 5.74) is 0. The molecule has 1 aliphatic heterocycles. The van der Waals surface area contributed by atoms with Crippen LogP contribution < -0.4 is 0 Å². The van der Waals surface area contributed by atoms with Crippen LogP contribution in [0.25, 0.3) is 0 Å². The van der Waals surface area contributed by atoms with Gasteiger partial charge in [-0.25, -0.2) is 18.0 Å². The number of carbonyl (C=O) groups excluding carboxylic acids is 2. The molecule has 2 atom stereocenters. The van der Waals surface area contributed by atoms with Crippen LogP contribution in [0.4, 0.5) is 26.3 Å². The topological polar surface area (TPSA) is 88.1 Å². The summed E-state index contributed by atoms with van der Waals surface area (Å²) in [6.07, 6.45) is -14.3. The van der Waals surface area contributed by atoms with E-state index in [4.69, 9.17) is 0 Å². The molecule has 1 fully saturated rings. The number of hydrogen-bond acceptors (Lipinski definition) is 7. The molecular formula is C8H6F6O7S. The Kier molecular flexibility index (Phi) is 5.75. The molecule has 0 aromatic carbocycles. The van der Waals surface area contributed by atoms with Gasteiger partial charge in [-0.1, -0.05) is 0 Å². The first-order valence-corrected chi connectivity index (χ1v) is 6.12. The molecule has 7 nitrogen and oxygen atoms in total. The smallest absolute Gasteiger partial charge is 0.422 e. The highest BCUT2D eigenvalue weighted by molar-refractivity contribution is 7.75. The van der Waals surface area contributed by atoms with Crippen molar-refractivity contribution in [3.05, 3.63) is 0 Å². The van der Waals surface area contributed by atoms with Gasteiger partial charge >= 0.3 is 35.7 Å². The highest BCUT2D eigenvalue weighted by Crippen LogP contribution is 2.23. The van der Waals surface area contributed by atoms with Gasteiger partial charge in [-0.15, -0.1) is 0 Å². The first-order valence-electron chi connectivity index (χ1n) is 5.12. The molecule has 1 saturated heterocycles. The van der Waals surface area contributed by atoms with Crippen molar-refractivity contribution in [2.24, 2.45) is 0 Å². The quantitative estimate of drug-likeness (QED) is 0.535. The minimum absolute atomic E-state index is 1.79. The third-order valence-electron chi connectivity index (χ3n) is 1.86. The molecule has 0 aromatic rings. The number of halogens is 6. The van der Waals surface area contributed by atoms with Crippen molar-refractivity contribution in [1.82, 2.24) is 0 Å². The average molecular weight is 360 g/mol. The van der Waals surface area contributed by atoms with Crippen LogP contribution in [-0.4, -0.2) is 53.9 Å². The van der Waals surface area contributed by atoms with E-state index < -0.39 is 61.1 Å². The fourth-order valence-corrected chi connectivity index (χ4v) is 1.83. The number of ether oxygens (including phenoxy) is 2. The summed E-state index contributed by atoms with van der Waals surface area (Å²) in [7, 11) is 0. The van der Waals surface area contributed by atoms with Gasteiger partial charge in [-0.3, -0.25) is 0 Å². The molecule has 22 heavy (non-hydrogen) atoms. The SMILES string of the molecule is O=C(OCC(F)(F)F)C1OS(=O)OC1C(=O)OCC(F)(F)F. The zero-order valence-corrected chi connectivity index (χ0v) is 10.9. The molecule has 1 aliphatic rings. The standard InChI is InChI=1S/C8H6F6O7S/c9-7(10,11)1-18-5(15)3-4(21-22(17)20-3)6(16)19-2-8(12,13)14/h3-4H,1-2H2. The van der Waals surface area contributed by atoms with Crippen molar-refractivity contribution in [2.75, 3.05) is 13.2 Å². The maximum Gasteiger partial charge on any atom is 0.422 e. The Morgan fingerprint density at radius 2 is 1.18 bits per heavy atom. The normalized spacial score (nSPS) is 25.8. The highest BCUT2D eigenvalue weighted by Gasteiger charge is 2.49. The number of rotatable bonds is 4. The van der Waals surface area contributed by atoms with Crippen LogP contribution in [0.3, 0.4) is 0 Å². The molecule has 0 radical (unpaired) electrons. The van der Waals surface area contributed by atoms with Gasteiger partial charge in [-0.2, -0.15) is 30.6 Å². The monoisotopic (exact) mass is 360 g/mol. The maximum absolute atomic E-state index is 11.9. The summed E-state index contributed by atoms with van der Waals surface area (Å²) in [6, 6.07) is 0. The molecule has 0 N–H and O–H groups in total. The molecule has 0 bridgehead atoms. The fourth-order valence-electron chi connectivity index (χ4n) is 1.09. The molecule has 1 heterocycles. The lowest BCUT2D eigenvalue weighted by Gasteiger charge is -2.15. The van der Waals surface area contributed by atoms with Crippen molar-refractivity contribution in [3.8, 4) is 0 Å². The van der Waals surface area contributed by atoms with Crippen LogP contribution in [-0.2, 0) is 38.8 Å². The lowest BCUT2D eigenvalue weighted by atomic mass is 10.2. The minimum atomic E-state index is -4.89. The Bertz CT molecular complexity index is 421. The molecule has 0 amide bonds. The van der Waals surface area contributed by atoms with Crippen molar-refractivity contribution in [3.63, 3.8) is 0 Å². The van der Waals surface area contributed by atoms with E-state index in [0.29, 0.717) is 0 Å². The van der Waals surface area contributed by atoms with Crippen molar-refractivity contribution in [2.45, 2.75) is 24.6 Å². The lowest BCUT2D eigenvalue weighted by molar-refractivity contribution is -0.198. The zero-order chi connectivity index (χ0) is 17.1. The number of alkyl halides is 6. The molecule has 0 aliphatic carbocycles. The summed E-state index contributed by atoms with van der Waals surface area (Å²) in [6.45, 7) is -4.08. The largest absolute Gasteiger partial charge is 0.454 e. The summed E-state index contributed by atoms with van der Waals surface area (Å²) in [4.78, 5) is 22.5. The number of esters is 2. The van der Waals surface area contributed by atoms with E-state index in [1.165, 1.54) is 0 Å². The third-order valence-corrected chi connectivity index (χ3v) is 2.59. The van der Waals surface area contributed by atoms with E-state index in [1.807, 2.05) is 0 Å². The van der Waals surface area contributed by atoms with E-state index >= 15 is 0 Å². The molecule has 14 heteroatoms. The second kappa shape index (κ2) is 6.78. The molecular weight excluding hydrogens is 354 g/mol. The highest BCUT2D eigenvalue weighted by atomic mass is 32.2. The van der Waals surface area contributed by atoms with Gasteiger partial charge < -0.3 is 9.47 Å². The Balaban J connectivity index is 2.66. The van der Waals surface area contributed by atoms with Crippen molar-refractivity contribution in [1.29, 1.82) is 0 Å². The van der Waals surface area contributed by atoms with Gasteiger partial charge in [-0.05, 0) is 0 Å². The Morgan fingerprint density at radius 1 is 0.864 bits per heavy atom. The Hall–Kier alpha value is -1.41. The van der Waals surface area contributed by atoms with E-state index in [-0.39, 0.29) is 0 Å².